The van der Waals surface area contributed by atoms with E-state index in [1.807, 2.05) is 31.2 Å². The lowest BCUT2D eigenvalue weighted by Gasteiger charge is -2.09. The molecule has 6 heteroatoms. The maximum atomic E-state index is 5.77. The second-order valence-corrected chi connectivity index (χ2v) is 3.32. The van der Waals surface area contributed by atoms with Gasteiger partial charge in [-0.1, -0.05) is 17.3 Å². The molecular formula is C10H13N5O. The second-order valence-electron chi connectivity index (χ2n) is 3.32. The highest BCUT2D eigenvalue weighted by Crippen LogP contribution is 2.16. The molecule has 0 atom stereocenters. The third kappa shape index (κ3) is 2.22. The van der Waals surface area contributed by atoms with Gasteiger partial charge in [-0.25, -0.2) is 4.63 Å². The fourth-order valence-electron chi connectivity index (χ4n) is 1.27. The molecule has 2 rings (SSSR count). The molecule has 1 aromatic carbocycles. The number of aromatic nitrogens is 2. The van der Waals surface area contributed by atoms with E-state index in [0.717, 1.165) is 11.4 Å². The van der Waals surface area contributed by atoms with Crippen LogP contribution in [0.25, 0.3) is 0 Å². The van der Waals surface area contributed by atoms with Crippen LogP contribution in [-0.4, -0.2) is 17.0 Å². The molecule has 2 aromatic rings. The first-order valence-corrected chi connectivity index (χ1v) is 4.89. The Kier molecular flexibility index (Phi) is 2.90. The molecule has 16 heavy (non-hydrogen) atoms. The van der Waals surface area contributed by atoms with Crippen LogP contribution in [0, 0.1) is 6.92 Å². The number of anilines is 3. The number of rotatable bonds is 4. The zero-order valence-electron chi connectivity index (χ0n) is 8.90. The van der Waals surface area contributed by atoms with E-state index in [2.05, 4.69) is 25.6 Å². The lowest BCUT2D eigenvalue weighted by molar-refractivity contribution is 0.306. The summed E-state index contributed by atoms with van der Waals surface area (Å²) in [4.78, 5) is 0. The minimum absolute atomic E-state index is 0.503. The summed E-state index contributed by atoms with van der Waals surface area (Å²) in [6, 6.07) is 7.55. The van der Waals surface area contributed by atoms with Crippen LogP contribution in [0.1, 0.15) is 5.69 Å². The van der Waals surface area contributed by atoms with Crippen LogP contribution < -0.4 is 16.4 Å². The van der Waals surface area contributed by atoms with E-state index in [-0.39, 0.29) is 0 Å². The van der Waals surface area contributed by atoms with Gasteiger partial charge in [-0.2, -0.15) is 0 Å². The van der Waals surface area contributed by atoms with E-state index >= 15 is 0 Å². The summed E-state index contributed by atoms with van der Waals surface area (Å²) in [5.74, 6) is 0.627. The normalized spacial score (nSPS) is 10.1. The van der Waals surface area contributed by atoms with Gasteiger partial charge in [0.15, 0.2) is 5.82 Å². The fraction of sp³-hybridized carbons (Fsp3) is 0.200. The Balaban J connectivity index is 1.89. The van der Waals surface area contributed by atoms with Crippen molar-refractivity contribution in [2.24, 2.45) is 0 Å². The second kappa shape index (κ2) is 4.52. The Labute approximate surface area is 92.8 Å². The van der Waals surface area contributed by atoms with Gasteiger partial charge in [0.1, 0.15) is 5.69 Å². The first-order chi connectivity index (χ1) is 7.77. The number of hydrogen-bond acceptors (Lipinski definition) is 6. The molecule has 0 aliphatic carbocycles. The molecule has 0 unspecified atom stereocenters. The van der Waals surface area contributed by atoms with Gasteiger partial charge >= 0.3 is 0 Å². The smallest absolute Gasteiger partial charge is 0.195 e. The molecule has 4 N–H and O–H groups in total. The maximum Gasteiger partial charge on any atom is 0.195 e. The lowest BCUT2D eigenvalue weighted by Crippen LogP contribution is -2.13. The monoisotopic (exact) mass is 219 g/mol. The molecule has 0 saturated heterocycles. The lowest BCUT2D eigenvalue weighted by atomic mass is 10.3. The van der Waals surface area contributed by atoms with Gasteiger partial charge in [0, 0.05) is 0 Å². The van der Waals surface area contributed by atoms with Gasteiger partial charge in [0.25, 0.3) is 0 Å². The van der Waals surface area contributed by atoms with Crippen LogP contribution in [-0.2, 0) is 0 Å². The third-order valence-corrected chi connectivity index (χ3v) is 2.15. The number of para-hydroxylation sites is 2. The number of aryl methyl sites for hydroxylation is 1. The maximum absolute atomic E-state index is 5.77. The molecule has 0 saturated carbocycles. The Hall–Kier alpha value is -2.24. The Morgan fingerprint density at radius 3 is 2.75 bits per heavy atom. The van der Waals surface area contributed by atoms with Crippen molar-refractivity contribution in [3.8, 4) is 0 Å². The molecule has 0 aliphatic rings. The van der Waals surface area contributed by atoms with Crippen LogP contribution in [0.4, 0.5) is 17.2 Å². The summed E-state index contributed by atoms with van der Waals surface area (Å²) < 4.78 is 4.56. The summed E-state index contributed by atoms with van der Waals surface area (Å²) in [5.41, 5.74) is 8.08. The van der Waals surface area contributed by atoms with Crippen molar-refractivity contribution in [2.45, 2.75) is 6.92 Å². The largest absolute Gasteiger partial charge is 0.397 e. The first kappa shape index (κ1) is 10.3. The molecular weight excluding hydrogens is 206 g/mol. The predicted molar refractivity (Wildman–Crippen MR) is 62.0 cm³/mol. The van der Waals surface area contributed by atoms with Crippen molar-refractivity contribution in [3.63, 3.8) is 0 Å². The minimum atomic E-state index is 0.503. The van der Waals surface area contributed by atoms with E-state index in [0.29, 0.717) is 18.2 Å². The number of nitrogens with zero attached hydrogens (tertiary/aromatic N) is 2. The van der Waals surface area contributed by atoms with E-state index < -0.39 is 0 Å². The van der Waals surface area contributed by atoms with E-state index in [4.69, 9.17) is 5.73 Å². The number of hydrogen-bond donors (Lipinski definition) is 3. The van der Waals surface area contributed by atoms with Crippen LogP contribution in [0.3, 0.4) is 0 Å². The summed E-state index contributed by atoms with van der Waals surface area (Å²) in [6.45, 7) is 2.32. The summed E-state index contributed by atoms with van der Waals surface area (Å²) in [5, 5.41) is 13.5. The number of benzene rings is 1. The Morgan fingerprint density at radius 1 is 1.25 bits per heavy atom. The molecule has 0 spiro atoms. The highest BCUT2D eigenvalue weighted by Gasteiger charge is 2.03. The number of nitrogens with two attached hydrogens (primary N) is 1. The molecule has 0 radical (unpaired) electrons. The minimum Gasteiger partial charge on any atom is -0.397 e. The predicted octanol–water partition coefficient (Wildman–Crippen LogP) is 1.44. The summed E-state index contributed by atoms with van der Waals surface area (Å²) in [6.07, 6.45) is 0. The number of nitrogen functional groups attached to an aromatic ring is 1. The van der Waals surface area contributed by atoms with Crippen molar-refractivity contribution < 1.29 is 4.63 Å². The standard InChI is InChI=1S/C10H13N5O/c1-7-10(15-16-14-7)13-6-12-9-5-3-2-4-8(9)11/h2-5,12H,6,11H2,1H3,(H,13,15). The molecule has 0 bridgehead atoms. The molecule has 1 heterocycles. The van der Waals surface area contributed by atoms with Crippen LogP contribution in [0.15, 0.2) is 28.9 Å². The van der Waals surface area contributed by atoms with Gasteiger partial charge < -0.3 is 16.4 Å². The van der Waals surface area contributed by atoms with Crippen molar-refractivity contribution in [1.82, 2.24) is 10.3 Å². The van der Waals surface area contributed by atoms with Crippen molar-refractivity contribution >= 4 is 17.2 Å². The number of nitrogens with one attached hydrogen (secondary N) is 2. The van der Waals surface area contributed by atoms with Crippen LogP contribution >= 0.6 is 0 Å². The van der Waals surface area contributed by atoms with Crippen molar-refractivity contribution in [1.29, 1.82) is 0 Å². The zero-order chi connectivity index (χ0) is 11.4. The van der Waals surface area contributed by atoms with Gasteiger partial charge in [-0.3, -0.25) is 0 Å². The van der Waals surface area contributed by atoms with Crippen LogP contribution in [0.5, 0.6) is 0 Å². The van der Waals surface area contributed by atoms with E-state index in [9.17, 15) is 0 Å². The molecule has 0 amide bonds. The summed E-state index contributed by atoms with van der Waals surface area (Å²) in [7, 11) is 0. The average Bonchev–Trinajstić information content (AvgIpc) is 2.67. The van der Waals surface area contributed by atoms with Crippen molar-refractivity contribution in [2.75, 3.05) is 23.0 Å². The van der Waals surface area contributed by atoms with E-state index in [1.54, 1.807) is 0 Å². The highest BCUT2D eigenvalue weighted by molar-refractivity contribution is 5.65. The first-order valence-electron chi connectivity index (χ1n) is 4.89. The molecule has 0 fully saturated rings. The van der Waals surface area contributed by atoms with Gasteiger partial charge in [-0.15, -0.1) is 0 Å². The van der Waals surface area contributed by atoms with Crippen LogP contribution in [0.2, 0.25) is 0 Å². The van der Waals surface area contributed by atoms with Gasteiger partial charge in [0.05, 0.1) is 18.0 Å². The Bertz CT molecular complexity index is 468. The highest BCUT2D eigenvalue weighted by atomic mass is 16.6. The SMILES string of the molecule is Cc1nonc1NCNc1ccccc1N. The zero-order valence-corrected chi connectivity index (χ0v) is 8.90. The Morgan fingerprint density at radius 2 is 2.06 bits per heavy atom. The van der Waals surface area contributed by atoms with E-state index in [1.165, 1.54) is 0 Å². The quantitative estimate of drug-likeness (QED) is 0.532. The summed E-state index contributed by atoms with van der Waals surface area (Å²) >= 11 is 0. The fourth-order valence-corrected chi connectivity index (χ4v) is 1.27. The molecule has 0 aliphatic heterocycles. The molecule has 6 nitrogen and oxygen atoms in total. The molecule has 84 valence electrons. The van der Waals surface area contributed by atoms with Gasteiger partial charge in [0.2, 0.25) is 0 Å². The van der Waals surface area contributed by atoms with Gasteiger partial charge in [-0.05, 0) is 24.2 Å². The topological polar surface area (TPSA) is 89.0 Å². The third-order valence-electron chi connectivity index (χ3n) is 2.15. The van der Waals surface area contributed by atoms with Crippen molar-refractivity contribution in [3.05, 3.63) is 30.0 Å². The average molecular weight is 219 g/mol. The molecule has 1 aromatic heterocycles.